The van der Waals surface area contributed by atoms with E-state index < -0.39 is 23.7 Å². The Balaban J connectivity index is 2.63. The van der Waals surface area contributed by atoms with Crippen LogP contribution in [0.1, 0.15) is 29.2 Å². The summed E-state index contributed by atoms with van der Waals surface area (Å²) < 4.78 is 50.7. The number of aliphatic hydroxyl groups is 1. The van der Waals surface area contributed by atoms with Crippen molar-refractivity contribution in [1.29, 1.82) is 0 Å². The molecule has 0 heterocycles. The first-order chi connectivity index (χ1) is 6.91. The van der Waals surface area contributed by atoms with E-state index in [0.29, 0.717) is 0 Å². The second-order valence-corrected chi connectivity index (χ2v) is 3.54. The number of rotatable bonds is 0. The van der Waals surface area contributed by atoms with Crippen molar-refractivity contribution in [2.45, 2.75) is 25.1 Å². The van der Waals surface area contributed by atoms with Crippen LogP contribution in [0, 0.1) is 5.82 Å². The zero-order chi connectivity index (χ0) is 11.2. The number of halogens is 4. The van der Waals surface area contributed by atoms with E-state index in [1.807, 2.05) is 0 Å². The Hall–Kier alpha value is -1.10. The monoisotopic (exact) mass is 220 g/mol. The van der Waals surface area contributed by atoms with Gasteiger partial charge in [0.2, 0.25) is 0 Å². The first kappa shape index (κ1) is 10.4. The summed E-state index contributed by atoms with van der Waals surface area (Å²) in [7, 11) is 0. The Morgan fingerprint density at radius 3 is 2.53 bits per heavy atom. The Morgan fingerprint density at radius 2 is 1.93 bits per heavy atom. The van der Waals surface area contributed by atoms with Crippen LogP contribution in [0.2, 0.25) is 0 Å². The molecule has 0 aliphatic heterocycles. The van der Waals surface area contributed by atoms with Gasteiger partial charge in [0.05, 0.1) is 11.7 Å². The van der Waals surface area contributed by atoms with Crippen molar-refractivity contribution < 1.29 is 22.7 Å². The van der Waals surface area contributed by atoms with Gasteiger partial charge in [0.25, 0.3) is 0 Å². The molecule has 15 heavy (non-hydrogen) atoms. The van der Waals surface area contributed by atoms with Gasteiger partial charge in [-0.25, -0.2) is 4.39 Å². The van der Waals surface area contributed by atoms with Gasteiger partial charge in [0.1, 0.15) is 5.82 Å². The van der Waals surface area contributed by atoms with Crippen LogP contribution >= 0.6 is 0 Å². The maximum Gasteiger partial charge on any atom is 0.416 e. The van der Waals surface area contributed by atoms with Gasteiger partial charge in [0.15, 0.2) is 0 Å². The van der Waals surface area contributed by atoms with E-state index in [0.717, 1.165) is 12.1 Å². The molecule has 1 aliphatic rings. The molecule has 0 fully saturated rings. The fourth-order valence-electron chi connectivity index (χ4n) is 1.96. The van der Waals surface area contributed by atoms with Crippen LogP contribution in [0.15, 0.2) is 12.1 Å². The van der Waals surface area contributed by atoms with E-state index in [4.69, 9.17) is 0 Å². The molecule has 1 aromatic carbocycles. The molecule has 0 bridgehead atoms. The highest BCUT2D eigenvalue weighted by Gasteiger charge is 2.38. The molecule has 0 amide bonds. The standard InChI is InChI=1S/C10H8F4O/c11-7-3-2-6(10(12,13)14)5-1-4-8(15)9(5)7/h2-3,8,15H,1,4H2/t8-/m0/s1. The normalized spacial score (nSPS) is 20.5. The quantitative estimate of drug-likeness (QED) is 0.666. The lowest BCUT2D eigenvalue weighted by Gasteiger charge is -2.13. The van der Waals surface area contributed by atoms with Crippen molar-refractivity contribution in [3.63, 3.8) is 0 Å². The second-order valence-electron chi connectivity index (χ2n) is 3.54. The molecule has 5 heteroatoms. The summed E-state index contributed by atoms with van der Waals surface area (Å²) in [5, 5.41) is 9.35. The largest absolute Gasteiger partial charge is 0.416 e. The molecule has 1 nitrogen and oxygen atoms in total. The van der Waals surface area contributed by atoms with Crippen molar-refractivity contribution >= 4 is 0 Å². The molecule has 0 radical (unpaired) electrons. The van der Waals surface area contributed by atoms with Crippen LogP contribution in [0.4, 0.5) is 17.6 Å². The number of alkyl halides is 3. The third-order valence-corrected chi connectivity index (χ3v) is 2.61. The van der Waals surface area contributed by atoms with Crippen LogP contribution < -0.4 is 0 Å². The van der Waals surface area contributed by atoms with E-state index in [1.54, 1.807) is 0 Å². The predicted octanol–water partition coefficient (Wildman–Crippen LogP) is 2.82. The van der Waals surface area contributed by atoms with E-state index in [9.17, 15) is 22.7 Å². The summed E-state index contributed by atoms with van der Waals surface area (Å²) in [6.45, 7) is 0. The van der Waals surface area contributed by atoms with Crippen molar-refractivity contribution in [1.82, 2.24) is 0 Å². The van der Waals surface area contributed by atoms with Crippen molar-refractivity contribution in [3.05, 3.63) is 34.6 Å². The fourth-order valence-corrected chi connectivity index (χ4v) is 1.96. The van der Waals surface area contributed by atoms with Gasteiger partial charge >= 0.3 is 6.18 Å². The molecule has 0 spiro atoms. The highest BCUT2D eigenvalue weighted by Crippen LogP contribution is 2.41. The van der Waals surface area contributed by atoms with Gasteiger partial charge in [-0.3, -0.25) is 0 Å². The smallest absolute Gasteiger partial charge is 0.388 e. The van der Waals surface area contributed by atoms with Crippen molar-refractivity contribution in [2.24, 2.45) is 0 Å². The highest BCUT2D eigenvalue weighted by molar-refractivity contribution is 5.42. The third-order valence-electron chi connectivity index (χ3n) is 2.61. The Labute approximate surface area is 83.3 Å². The van der Waals surface area contributed by atoms with Gasteiger partial charge < -0.3 is 5.11 Å². The maximum absolute atomic E-state index is 13.2. The van der Waals surface area contributed by atoms with Gasteiger partial charge in [-0.05, 0) is 30.5 Å². The minimum atomic E-state index is -4.48. The molecule has 82 valence electrons. The lowest BCUT2D eigenvalue weighted by atomic mass is 10.0. The number of fused-ring (bicyclic) bond motifs is 1. The summed E-state index contributed by atoms with van der Waals surface area (Å²) in [6, 6.07) is 1.49. The second kappa shape index (κ2) is 3.20. The van der Waals surface area contributed by atoms with Gasteiger partial charge in [-0.2, -0.15) is 13.2 Å². The molecular weight excluding hydrogens is 212 g/mol. The van der Waals surface area contributed by atoms with Crippen molar-refractivity contribution in [3.8, 4) is 0 Å². The molecule has 0 saturated carbocycles. The zero-order valence-corrected chi connectivity index (χ0v) is 7.61. The minimum absolute atomic E-state index is 0.0725. The molecular formula is C10H8F4O. The molecule has 1 N–H and O–H groups in total. The maximum atomic E-state index is 13.2. The van der Waals surface area contributed by atoms with Crippen LogP contribution in [-0.2, 0) is 12.6 Å². The summed E-state index contributed by atoms with van der Waals surface area (Å²) in [5.41, 5.74) is -1.13. The average molecular weight is 220 g/mol. The third kappa shape index (κ3) is 1.61. The number of aliphatic hydroxyl groups excluding tert-OH is 1. The van der Waals surface area contributed by atoms with E-state index in [-0.39, 0.29) is 24.0 Å². The lowest BCUT2D eigenvalue weighted by Crippen LogP contribution is -2.10. The number of benzene rings is 1. The molecule has 1 aliphatic carbocycles. The van der Waals surface area contributed by atoms with Crippen LogP contribution in [0.5, 0.6) is 0 Å². The Bertz CT molecular complexity index is 397. The summed E-state index contributed by atoms with van der Waals surface area (Å²) in [4.78, 5) is 0. The SMILES string of the molecule is O[C@H]1CCc2c(C(F)(F)F)ccc(F)c21. The van der Waals surface area contributed by atoms with E-state index >= 15 is 0 Å². The first-order valence-electron chi connectivity index (χ1n) is 4.48. The van der Waals surface area contributed by atoms with E-state index in [1.165, 1.54) is 0 Å². The molecule has 1 aromatic rings. The number of hydrogen-bond acceptors (Lipinski definition) is 1. The predicted molar refractivity (Wildman–Crippen MR) is 44.7 cm³/mol. The number of hydrogen-bond donors (Lipinski definition) is 1. The highest BCUT2D eigenvalue weighted by atomic mass is 19.4. The van der Waals surface area contributed by atoms with Crippen molar-refractivity contribution in [2.75, 3.05) is 0 Å². The van der Waals surface area contributed by atoms with Gasteiger partial charge in [-0.15, -0.1) is 0 Å². The fraction of sp³-hybridized carbons (Fsp3) is 0.400. The summed E-state index contributed by atoms with van der Waals surface area (Å²) in [6.07, 6.45) is -5.37. The minimum Gasteiger partial charge on any atom is -0.388 e. The molecule has 0 saturated heterocycles. The van der Waals surface area contributed by atoms with Crippen LogP contribution in [0.3, 0.4) is 0 Å². The topological polar surface area (TPSA) is 20.2 Å². The Kier molecular flexibility index (Phi) is 2.22. The molecule has 0 unspecified atom stereocenters. The van der Waals surface area contributed by atoms with Crippen LogP contribution in [-0.4, -0.2) is 5.11 Å². The van der Waals surface area contributed by atoms with Gasteiger partial charge in [0, 0.05) is 5.56 Å². The van der Waals surface area contributed by atoms with E-state index in [2.05, 4.69) is 0 Å². The van der Waals surface area contributed by atoms with Gasteiger partial charge in [-0.1, -0.05) is 0 Å². The zero-order valence-electron chi connectivity index (χ0n) is 7.61. The lowest BCUT2D eigenvalue weighted by molar-refractivity contribution is -0.138. The molecule has 2 rings (SSSR count). The average Bonchev–Trinajstić information content (AvgIpc) is 2.47. The summed E-state index contributed by atoms with van der Waals surface area (Å²) >= 11 is 0. The first-order valence-corrected chi connectivity index (χ1v) is 4.48. The Morgan fingerprint density at radius 1 is 1.27 bits per heavy atom. The summed E-state index contributed by atoms with van der Waals surface area (Å²) in [5.74, 6) is -0.761. The molecule has 1 atom stereocenters. The van der Waals surface area contributed by atoms with Crippen LogP contribution in [0.25, 0.3) is 0 Å². The molecule has 0 aromatic heterocycles.